The van der Waals surface area contributed by atoms with E-state index in [-0.39, 0.29) is 30.1 Å². The first kappa shape index (κ1) is 19.0. The van der Waals surface area contributed by atoms with Gasteiger partial charge in [0.15, 0.2) is 5.78 Å². The standard InChI is InChI=1S/C20H26N2O3S/c1-26-17-9-3-2-8-16(17)20(25)15-7-6-12-21(13-15)19(24)14-22-11-5-4-10-18(22)23/h2-3,8-9,15H,4-7,10-14H2,1H3/t15-/m0/s1. The Morgan fingerprint density at radius 1 is 1.15 bits per heavy atom. The monoisotopic (exact) mass is 374 g/mol. The molecule has 26 heavy (non-hydrogen) atoms. The number of benzene rings is 1. The number of ketones is 1. The molecule has 0 radical (unpaired) electrons. The van der Waals surface area contributed by atoms with E-state index in [9.17, 15) is 14.4 Å². The number of hydrogen-bond donors (Lipinski definition) is 0. The Balaban J connectivity index is 1.64. The zero-order valence-electron chi connectivity index (χ0n) is 15.3. The average Bonchev–Trinajstić information content (AvgIpc) is 2.69. The molecule has 2 aliphatic heterocycles. The molecule has 0 aliphatic carbocycles. The van der Waals surface area contributed by atoms with Gasteiger partial charge in [0.05, 0.1) is 6.54 Å². The highest BCUT2D eigenvalue weighted by Gasteiger charge is 2.31. The van der Waals surface area contributed by atoms with Crippen molar-refractivity contribution in [3.05, 3.63) is 29.8 Å². The van der Waals surface area contributed by atoms with Crippen LogP contribution in [-0.4, -0.2) is 59.8 Å². The van der Waals surface area contributed by atoms with Crippen LogP contribution < -0.4 is 0 Å². The smallest absolute Gasteiger partial charge is 0.242 e. The number of carbonyl (C=O) groups excluding carboxylic acids is 3. The van der Waals surface area contributed by atoms with Crippen molar-refractivity contribution in [2.75, 3.05) is 32.4 Å². The molecule has 2 saturated heterocycles. The van der Waals surface area contributed by atoms with Crippen LogP contribution in [0.1, 0.15) is 42.5 Å². The van der Waals surface area contributed by atoms with Crippen molar-refractivity contribution in [3.8, 4) is 0 Å². The second-order valence-corrected chi connectivity index (χ2v) is 7.86. The summed E-state index contributed by atoms with van der Waals surface area (Å²) in [6.45, 7) is 1.96. The van der Waals surface area contributed by atoms with Gasteiger partial charge in [0, 0.05) is 42.4 Å². The minimum absolute atomic E-state index is 0.0316. The summed E-state index contributed by atoms with van der Waals surface area (Å²) in [6, 6.07) is 7.67. The van der Waals surface area contributed by atoms with Crippen LogP contribution in [0.4, 0.5) is 0 Å². The molecule has 1 aromatic rings. The molecule has 2 aliphatic rings. The maximum atomic E-state index is 13.0. The van der Waals surface area contributed by atoms with Crippen molar-refractivity contribution >= 4 is 29.4 Å². The molecule has 0 bridgehead atoms. The zero-order valence-corrected chi connectivity index (χ0v) is 16.1. The summed E-state index contributed by atoms with van der Waals surface area (Å²) in [6.07, 6.45) is 6.04. The lowest BCUT2D eigenvalue weighted by molar-refractivity contribution is -0.142. The zero-order chi connectivity index (χ0) is 18.5. The summed E-state index contributed by atoms with van der Waals surface area (Å²) in [7, 11) is 0. The number of rotatable bonds is 5. The van der Waals surface area contributed by atoms with E-state index < -0.39 is 0 Å². The molecule has 2 heterocycles. The van der Waals surface area contributed by atoms with Gasteiger partial charge in [-0.25, -0.2) is 0 Å². The molecule has 140 valence electrons. The summed E-state index contributed by atoms with van der Waals surface area (Å²) in [4.78, 5) is 42.0. The van der Waals surface area contributed by atoms with Crippen molar-refractivity contribution in [2.24, 2.45) is 5.92 Å². The van der Waals surface area contributed by atoms with Crippen LogP contribution in [0.3, 0.4) is 0 Å². The summed E-state index contributed by atoms with van der Waals surface area (Å²) in [5, 5.41) is 0. The first-order valence-corrected chi connectivity index (χ1v) is 10.6. The van der Waals surface area contributed by atoms with E-state index in [0.29, 0.717) is 26.1 Å². The largest absolute Gasteiger partial charge is 0.340 e. The highest BCUT2D eigenvalue weighted by Crippen LogP contribution is 2.27. The van der Waals surface area contributed by atoms with Crippen LogP contribution in [0.25, 0.3) is 0 Å². The lowest BCUT2D eigenvalue weighted by Gasteiger charge is -2.34. The van der Waals surface area contributed by atoms with Gasteiger partial charge in [-0.3, -0.25) is 14.4 Å². The molecule has 5 nitrogen and oxygen atoms in total. The first-order valence-electron chi connectivity index (χ1n) is 9.33. The molecule has 6 heteroatoms. The molecule has 0 N–H and O–H groups in total. The van der Waals surface area contributed by atoms with E-state index in [1.54, 1.807) is 21.6 Å². The van der Waals surface area contributed by atoms with E-state index >= 15 is 0 Å². The lowest BCUT2D eigenvalue weighted by atomic mass is 9.90. The molecule has 1 aromatic carbocycles. The molecule has 0 unspecified atom stereocenters. The number of thioether (sulfide) groups is 1. The van der Waals surface area contributed by atoms with Gasteiger partial charge in [0.25, 0.3) is 0 Å². The molecule has 0 saturated carbocycles. The van der Waals surface area contributed by atoms with E-state index in [1.807, 2.05) is 30.5 Å². The summed E-state index contributed by atoms with van der Waals surface area (Å²) < 4.78 is 0. The van der Waals surface area contributed by atoms with Crippen LogP contribution in [0.15, 0.2) is 29.2 Å². The third kappa shape index (κ3) is 4.29. The number of piperidine rings is 2. The average molecular weight is 375 g/mol. The number of amides is 2. The number of carbonyl (C=O) groups is 3. The fourth-order valence-corrected chi connectivity index (χ4v) is 4.38. The quantitative estimate of drug-likeness (QED) is 0.587. The van der Waals surface area contributed by atoms with Gasteiger partial charge < -0.3 is 9.80 Å². The Morgan fingerprint density at radius 3 is 2.73 bits per heavy atom. The molecule has 2 amide bonds. The summed E-state index contributed by atoms with van der Waals surface area (Å²) in [5.41, 5.74) is 0.755. The van der Waals surface area contributed by atoms with Crippen LogP contribution >= 0.6 is 11.8 Å². The predicted octanol–water partition coefficient (Wildman–Crippen LogP) is 2.84. The van der Waals surface area contributed by atoms with Crippen LogP contribution in [0, 0.1) is 5.92 Å². The van der Waals surface area contributed by atoms with Crippen molar-refractivity contribution in [2.45, 2.75) is 37.0 Å². The molecule has 2 fully saturated rings. The Labute approximate surface area is 159 Å². The van der Waals surface area contributed by atoms with Crippen molar-refractivity contribution in [3.63, 3.8) is 0 Å². The maximum Gasteiger partial charge on any atom is 0.242 e. The molecule has 0 spiro atoms. The van der Waals surface area contributed by atoms with Gasteiger partial charge in [0.2, 0.25) is 11.8 Å². The third-order valence-corrected chi connectivity index (χ3v) is 6.06. The highest BCUT2D eigenvalue weighted by molar-refractivity contribution is 7.98. The Hall–Kier alpha value is -1.82. The van der Waals surface area contributed by atoms with Crippen LogP contribution in [-0.2, 0) is 9.59 Å². The molecule has 1 atom stereocenters. The molecule has 0 aromatic heterocycles. The fraction of sp³-hybridized carbons (Fsp3) is 0.550. The number of Topliss-reactive ketones (excluding diaryl/α,β-unsaturated/α-hetero) is 1. The first-order chi connectivity index (χ1) is 12.6. The third-order valence-electron chi connectivity index (χ3n) is 5.26. The van der Waals surface area contributed by atoms with E-state index in [0.717, 1.165) is 36.1 Å². The number of likely N-dealkylation sites (tertiary alicyclic amines) is 2. The predicted molar refractivity (Wildman–Crippen MR) is 102 cm³/mol. The van der Waals surface area contributed by atoms with Gasteiger partial charge in [0.1, 0.15) is 0 Å². The minimum atomic E-state index is -0.155. The molecule has 3 rings (SSSR count). The lowest BCUT2D eigenvalue weighted by Crippen LogP contribution is -2.48. The number of hydrogen-bond acceptors (Lipinski definition) is 4. The van der Waals surface area contributed by atoms with E-state index in [2.05, 4.69) is 0 Å². The van der Waals surface area contributed by atoms with E-state index in [1.165, 1.54) is 0 Å². The Kier molecular flexibility index (Phi) is 6.35. The van der Waals surface area contributed by atoms with Gasteiger partial charge >= 0.3 is 0 Å². The van der Waals surface area contributed by atoms with Crippen LogP contribution in [0.5, 0.6) is 0 Å². The molecular weight excluding hydrogens is 348 g/mol. The van der Waals surface area contributed by atoms with Gasteiger partial charge in [-0.2, -0.15) is 0 Å². The Bertz CT molecular complexity index is 691. The second kappa shape index (κ2) is 8.71. The number of nitrogens with zero attached hydrogens (tertiary/aromatic N) is 2. The van der Waals surface area contributed by atoms with E-state index in [4.69, 9.17) is 0 Å². The van der Waals surface area contributed by atoms with Crippen molar-refractivity contribution in [1.29, 1.82) is 0 Å². The van der Waals surface area contributed by atoms with Gasteiger partial charge in [-0.1, -0.05) is 18.2 Å². The maximum absolute atomic E-state index is 13.0. The van der Waals surface area contributed by atoms with Crippen LogP contribution in [0.2, 0.25) is 0 Å². The normalized spacial score (nSPS) is 21.0. The summed E-state index contributed by atoms with van der Waals surface area (Å²) in [5.74, 6) is 0.0126. The van der Waals surface area contributed by atoms with Crippen molar-refractivity contribution in [1.82, 2.24) is 9.80 Å². The summed E-state index contributed by atoms with van der Waals surface area (Å²) >= 11 is 1.57. The SMILES string of the molecule is CSc1ccccc1C(=O)[C@H]1CCCN(C(=O)CN2CCCCC2=O)C1. The van der Waals surface area contributed by atoms with Crippen molar-refractivity contribution < 1.29 is 14.4 Å². The highest BCUT2D eigenvalue weighted by atomic mass is 32.2. The molecular formula is C20H26N2O3S. The topological polar surface area (TPSA) is 57.7 Å². The minimum Gasteiger partial charge on any atom is -0.340 e. The fourth-order valence-electron chi connectivity index (χ4n) is 3.78. The van der Waals surface area contributed by atoms with Gasteiger partial charge in [-0.05, 0) is 38.0 Å². The Morgan fingerprint density at radius 2 is 1.96 bits per heavy atom. The second-order valence-electron chi connectivity index (χ2n) is 7.02. The van der Waals surface area contributed by atoms with Gasteiger partial charge in [-0.15, -0.1) is 11.8 Å².